The molecular formula is C33H37F2N7O8S. The highest BCUT2D eigenvalue weighted by Crippen LogP contribution is 2.36. The molecule has 0 saturated carbocycles. The third kappa shape index (κ3) is 9.19. The lowest BCUT2D eigenvalue weighted by Gasteiger charge is -2.26. The second-order valence-electron chi connectivity index (χ2n) is 11.5. The first kappa shape index (κ1) is 36.2. The van der Waals surface area contributed by atoms with Crippen molar-refractivity contribution in [2.24, 2.45) is 0 Å². The van der Waals surface area contributed by atoms with Crippen LogP contribution in [-0.4, -0.2) is 111 Å². The molecule has 2 aromatic carbocycles. The normalized spacial score (nSPS) is 16.4. The highest BCUT2D eigenvalue weighted by atomic mass is 32.1. The number of hydrogen-bond donors (Lipinski definition) is 2. The average molecular weight is 730 g/mol. The number of imide groups is 1. The summed E-state index contributed by atoms with van der Waals surface area (Å²) in [6.45, 7) is 4.90. The summed E-state index contributed by atoms with van der Waals surface area (Å²) in [7, 11) is 0. The summed E-state index contributed by atoms with van der Waals surface area (Å²) in [6, 6.07) is 6.69. The number of piperidine rings is 1. The summed E-state index contributed by atoms with van der Waals surface area (Å²) in [5.74, 6) is -3.24. The number of amides is 2. The molecule has 0 bridgehead atoms. The van der Waals surface area contributed by atoms with Crippen molar-refractivity contribution in [2.45, 2.75) is 18.9 Å². The Kier molecular flexibility index (Phi) is 12.4. The third-order valence-corrected chi connectivity index (χ3v) is 8.98. The molecule has 2 fully saturated rings. The lowest BCUT2D eigenvalue weighted by Crippen LogP contribution is -2.45. The predicted molar refractivity (Wildman–Crippen MR) is 182 cm³/mol. The number of carbonyl (C=O) groups is 2. The number of aromatic nitrogens is 4. The average Bonchev–Trinajstić information content (AvgIpc) is 3.63. The molecule has 2 N–H and O–H groups in total. The molecule has 1 atom stereocenters. The van der Waals surface area contributed by atoms with Crippen molar-refractivity contribution in [3.63, 3.8) is 0 Å². The summed E-state index contributed by atoms with van der Waals surface area (Å²) < 4.78 is 57.4. The number of benzene rings is 2. The Morgan fingerprint density at radius 3 is 2.47 bits per heavy atom. The Hall–Kier alpha value is -4.62. The third-order valence-electron chi connectivity index (χ3n) is 8.08. The molecule has 4 heterocycles. The van der Waals surface area contributed by atoms with Crippen LogP contribution in [0.25, 0.3) is 22.2 Å². The Morgan fingerprint density at radius 2 is 1.71 bits per heavy atom. The largest absolute Gasteiger partial charge is 0.487 e. The summed E-state index contributed by atoms with van der Waals surface area (Å²) >= 11 is 1.43. The van der Waals surface area contributed by atoms with E-state index in [4.69, 9.17) is 23.7 Å². The molecule has 1 unspecified atom stereocenters. The minimum Gasteiger partial charge on any atom is -0.487 e. The van der Waals surface area contributed by atoms with Gasteiger partial charge in [0.2, 0.25) is 11.7 Å². The van der Waals surface area contributed by atoms with E-state index in [0.29, 0.717) is 87.1 Å². The number of fused-ring (bicyclic) bond motifs is 1. The van der Waals surface area contributed by atoms with Gasteiger partial charge in [0.25, 0.3) is 11.5 Å². The van der Waals surface area contributed by atoms with E-state index in [0.717, 1.165) is 15.9 Å². The fourth-order valence-electron chi connectivity index (χ4n) is 5.46. The van der Waals surface area contributed by atoms with Crippen molar-refractivity contribution in [2.75, 3.05) is 89.3 Å². The van der Waals surface area contributed by atoms with Gasteiger partial charge in [-0.2, -0.15) is 9.07 Å². The van der Waals surface area contributed by atoms with Crippen LogP contribution in [0.2, 0.25) is 0 Å². The molecule has 2 saturated heterocycles. The molecule has 272 valence electrons. The highest BCUT2D eigenvalue weighted by molar-refractivity contribution is 7.14. The SMILES string of the molecule is O=C1CCC(n2nnc3ccc(NCCOCCOCCOCCOc4c(-c5csc(N6CCOCC6)n5)ccc(F)c4F)cc3c2=O)C(=O)N1. The molecule has 2 aliphatic heterocycles. The van der Waals surface area contributed by atoms with Gasteiger partial charge < -0.3 is 33.9 Å². The van der Waals surface area contributed by atoms with E-state index in [9.17, 15) is 23.2 Å². The molecule has 18 heteroatoms. The first-order chi connectivity index (χ1) is 24.9. The summed E-state index contributed by atoms with van der Waals surface area (Å²) in [5, 5.41) is 16.2. The van der Waals surface area contributed by atoms with Crippen LogP contribution in [0.3, 0.4) is 0 Å². The van der Waals surface area contributed by atoms with Crippen LogP contribution in [0.1, 0.15) is 18.9 Å². The fraction of sp³-hybridized carbons (Fsp3) is 0.455. The first-order valence-electron chi connectivity index (χ1n) is 16.5. The van der Waals surface area contributed by atoms with E-state index in [1.54, 1.807) is 23.6 Å². The standard InChI is InChI=1S/C33H37F2N7O8S/c34-24-3-2-22(26-20-51-33(37-26)41-8-11-47-12-9-41)30(29(24)35)50-18-17-49-16-15-48-14-13-46-10-7-36-21-1-4-25-23(19-21)32(45)42(40-39-25)27-5-6-28(43)38-31(27)44/h1-4,19-20,27,36H,5-18H2,(H,38,43,44). The maximum Gasteiger partial charge on any atom is 0.278 e. The Balaban J connectivity index is 0.852. The van der Waals surface area contributed by atoms with Crippen molar-refractivity contribution in [3.05, 3.63) is 57.7 Å². The van der Waals surface area contributed by atoms with Crippen LogP contribution in [0, 0.1) is 11.6 Å². The van der Waals surface area contributed by atoms with Crippen molar-refractivity contribution in [3.8, 4) is 17.0 Å². The van der Waals surface area contributed by atoms with Gasteiger partial charge in [0.15, 0.2) is 16.7 Å². The van der Waals surface area contributed by atoms with E-state index in [1.165, 1.54) is 17.4 Å². The maximum absolute atomic E-state index is 14.7. The second-order valence-corrected chi connectivity index (χ2v) is 12.3. The van der Waals surface area contributed by atoms with Crippen LogP contribution in [0.5, 0.6) is 5.75 Å². The first-order valence-corrected chi connectivity index (χ1v) is 17.4. The number of ether oxygens (including phenoxy) is 5. The number of halogens is 2. The van der Waals surface area contributed by atoms with Gasteiger partial charge in [-0.25, -0.2) is 9.37 Å². The Morgan fingerprint density at radius 1 is 0.961 bits per heavy atom. The Labute approximate surface area is 294 Å². The lowest BCUT2D eigenvalue weighted by molar-refractivity contribution is -0.136. The van der Waals surface area contributed by atoms with Gasteiger partial charge in [-0.3, -0.25) is 19.7 Å². The van der Waals surface area contributed by atoms with Gasteiger partial charge >= 0.3 is 0 Å². The molecule has 2 aliphatic rings. The number of carbonyl (C=O) groups excluding carboxylic acids is 2. The summed E-state index contributed by atoms with van der Waals surface area (Å²) in [6.07, 6.45) is 0.299. The fourth-order valence-corrected chi connectivity index (χ4v) is 6.34. The van der Waals surface area contributed by atoms with Gasteiger partial charge in [0, 0.05) is 42.7 Å². The van der Waals surface area contributed by atoms with E-state index < -0.39 is 29.1 Å². The van der Waals surface area contributed by atoms with Crippen LogP contribution in [-0.2, 0) is 28.5 Å². The van der Waals surface area contributed by atoms with Crippen LogP contribution < -0.4 is 25.8 Å². The number of nitrogens with zero attached hydrogens (tertiary/aromatic N) is 5. The number of morpholine rings is 1. The van der Waals surface area contributed by atoms with Crippen LogP contribution in [0.15, 0.2) is 40.5 Å². The van der Waals surface area contributed by atoms with E-state index in [1.807, 2.05) is 0 Å². The molecule has 0 radical (unpaired) electrons. The van der Waals surface area contributed by atoms with E-state index in [2.05, 4.69) is 30.8 Å². The van der Waals surface area contributed by atoms with E-state index >= 15 is 0 Å². The van der Waals surface area contributed by atoms with Gasteiger partial charge in [0.1, 0.15) is 18.2 Å². The van der Waals surface area contributed by atoms with Gasteiger partial charge in [-0.05, 0) is 36.8 Å². The van der Waals surface area contributed by atoms with Crippen molar-refractivity contribution < 1.29 is 42.1 Å². The molecule has 6 rings (SSSR count). The smallest absolute Gasteiger partial charge is 0.278 e. The van der Waals surface area contributed by atoms with E-state index in [-0.39, 0.29) is 44.3 Å². The topological polar surface area (TPSA) is 168 Å². The zero-order valence-electron chi connectivity index (χ0n) is 27.6. The highest BCUT2D eigenvalue weighted by Gasteiger charge is 2.30. The van der Waals surface area contributed by atoms with Crippen molar-refractivity contribution in [1.29, 1.82) is 0 Å². The van der Waals surface area contributed by atoms with Gasteiger partial charge in [-0.1, -0.05) is 5.21 Å². The second kappa shape index (κ2) is 17.5. The summed E-state index contributed by atoms with van der Waals surface area (Å²) in [4.78, 5) is 43.4. The number of anilines is 2. The van der Waals surface area contributed by atoms with Crippen LogP contribution in [0.4, 0.5) is 19.6 Å². The lowest BCUT2D eigenvalue weighted by atomic mass is 10.1. The molecule has 2 amide bonds. The zero-order valence-corrected chi connectivity index (χ0v) is 28.4. The molecule has 0 spiro atoms. The molecule has 0 aliphatic carbocycles. The molecule has 15 nitrogen and oxygen atoms in total. The van der Waals surface area contributed by atoms with Crippen molar-refractivity contribution in [1.82, 2.24) is 25.3 Å². The van der Waals surface area contributed by atoms with Crippen LogP contribution >= 0.6 is 11.3 Å². The predicted octanol–water partition coefficient (Wildman–Crippen LogP) is 2.55. The van der Waals surface area contributed by atoms with Crippen molar-refractivity contribution >= 4 is 44.9 Å². The van der Waals surface area contributed by atoms with Gasteiger partial charge in [0.05, 0.1) is 63.9 Å². The quantitative estimate of drug-likeness (QED) is 0.120. The van der Waals surface area contributed by atoms with Gasteiger partial charge in [-0.15, -0.1) is 16.4 Å². The minimum atomic E-state index is -1.07. The molecule has 51 heavy (non-hydrogen) atoms. The minimum absolute atomic E-state index is 0.00448. The monoisotopic (exact) mass is 729 g/mol. The number of rotatable bonds is 17. The molecule has 4 aromatic rings. The number of thiazole rings is 1. The maximum atomic E-state index is 14.7. The summed E-state index contributed by atoms with van der Waals surface area (Å²) in [5.41, 5.74) is 1.46. The zero-order chi connectivity index (χ0) is 35.6. The number of hydrogen-bond acceptors (Lipinski definition) is 14. The number of nitrogens with one attached hydrogen (secondary N) is 2. The molecule has 2 aromatic heterocycles. The Bertz CT molecular complexity index is 1890. The molecular weight excluding hydrogens is 692 g/mol.